The predicted molar refractivity (Wildman–Crippen MR) is 454 cm³/mol. The van der Waals surface area contributed by atoms with Crippen molar-refractivity contribution in [2.45, 2.75) is 273 Å². The van der Waals surface area contributed by atoms with Gasteiger partial charge in [-0.15, -0.1) is 0 Å². The molecular weight excluding hydrogens is 1630 g/mol. The van der Waals surface area contributed by atoms with E-state index in [9.17, 15) is 89.1 Å². The number of hydrazine groups is 1. The summed E-state index contributed by atoms with van der Waals surface area (Å²) in [5.41, 5.74) is 15.9. The Kier molecular flexibility index (Phi) is 38.3. The highest BCUT2D eigenvalue weighted by Crippen LogP contribution is 2.60. The molecule has 25 N–H and O–H groups in total. The number of unbranched alkanes of at least 4 members (excludes halogenated alkanes) is 1. The van der Waals surface area contributed by atoms with E-state index in [1.54, 1.807) is 26.0 Å². The average molecular weight is 1770 g/mol. The van der Waals surface area contributed by atoms with E-state index in [1.165, 1.54) is 5.56 Å². The molecule has 125 heavy (non-hydrogen) atoms. The fourth-order valence-electron chi connectivity index (χ4n) is 20.0. The molecule has 10 amide bonds. The van der Waals surface area contributed by atoms with Gasteiger partial charge in [-0.05, 0) is 178 Å². The summed E-state index contributed by atoms with van der Waals surface area (Å²) in [6.45, 7) is 11.2. The van der Waals surface area contributed by atoms with E-state index in [-0.39, 0.29) is 113 Å². The minimum Gasteiger partial charge on any atom is -0.508 e. The molecule has 2 saturated carbocycles. The van der Waals surface area contributed by atoms with E-state index in [2.05, 4.69) is 67.1 Å². The van der Waals surface area contributed by atoms with Crippen molar-refractivity contribution in [3.8, 4) is 5.75 Å². The van der Waals surface area contributed by atoms with Gasteiger partial charge in [0.15, 0.2) is 6.23 Å². The fraction of sp³-hybridized carbons (Fsp3) is 0.736. The molecule has 2 aromatic carbocycles. The van der Waals surface area contributed by atoms with Gasteiger partial charge >= 0.3 is 6.03 Å². The Morgan fingerprint density at radius 1 is 0.560 bits per heavy atom. The van der Waals surface area contributed by atoms with Crippen LogP contribution in [0.5, 0.6) is 5.75 Å². The molecule has 21 atom stereocenters. The van der Waals surface area contributed by atoms with Crippen LogP contribution >= 0.6 is 0 Å². The number of carbonyl (C=O) groups excluding carboxylic acids is 9. The van der Waals surface area contributed by atoms with Crippen LogP contribution in [-0.4, -0.2) is 283 Å². The number of rotatable bonds is 45. The summed E-state index contributed by atoms with van der Waals surface area (Å²) in [4.78, 5) is 127. The third-order valence-electron chi connectivity index (χ3n) is 26.9. The number of benzene rings is 2. The summed E-state index contributed by atoms with van der Waals surface area (Å²) in [6, 6.07) is 4.54. The van der Waals surface area contributed by atoms with Crippen molar-refractivity contribution in [1.29, 1.82) is 0 Å². The number of urea groups is 1. The molecule has 4 fully saturated rings. The number of imide groups is 1. The van der Waals surface area contributed by atoms with Crippen LogP contribution in [0.1, 0.15) is 186 Å². The number of nitrogens with one attached hydrogen (secondary N) is 10. The van der Waals surface area contributed by atoms with Gasteiger partial charge in [0.1, 0.15) is 73.1 Å². The van der Waals surface area contributed by atoms with E-state index in [0.717, 1.165) is 42.4 Å². The van der Waals surface area contributed by atoms with Gasteiger partial charge in [-0.3, -0.25) is 49.5 Å². The summed E-state index contributed by atoms with van der Waals surface area (Å²) in [5, 5.41) is 122. The first-order valence-corrected chi connectivity index (χ1v) is 44.5. The first-order chi connectivity index (χ1) is 59.7. The number of hydrogen-bond donors (Lipinski definition) is 22. The predicted octanol–water partition coefficient (Wildman–Crippen LogP) is -1.06. The van der Waals surface area contributed by atoms with Crippen LogP contribution in [0.2, 0.25) is 0 Å². The molecule has 38 heteroatoms. The number of phenols is 1. The Hall–Kier alpha value is -7.87. The number of hydrogen-bond acceptors (Lipinski definition) is 29. The summed E-state index contributed by atoms with van der Waals surface area (Å²) < 4.78 is 39.9. The zero-order chi connectivity index (χ0) is 90.9. The van der Waals surface area contributed by atoms with Gasteiger partial charge in [0, 0.05) is 43.4 Å². The Morgan fingerprint density at radius 2 is 1.14 bits per heavy atom. The monoisotopic (exact) mass is 1770 g/mol. The van der Waals surface area contributed by atoms with Gasteiger partial charge < -0.3 is 139 Å². The normalized spacial score (nSPS) is 30.0. The third kappa shape index (κ3) is 25.6. The van der Waals surface area contributed by atoms with Crippen LogP contribution in [0.25, 0.3) is 0 Å². The molecule has 702 valence electrons. The Morgan fingerprint density at radius 3 is 1.74 bits per heavy atom. The van der Waals surface area contributed by atoms with Crippen LogP contribution < -0.4 is 70.6 Å². The molecule has 2 unspecified atom stereocenters. The summed E-state index contributed by atoms with van der Waals surface area (Å²) in [6.07, 6.45) is -5.21. The Balaban J connectivity index is 0.814. The number of aromatic hydroxyl groups is 1. The molecule has 0 aromatic heterocycles. The Labute approximate surface area is 730 Å². The lowest BCUT2D eigenvalue weighted by Gasteiger charge is -2.56. The molecule has 0 radical (unpaired) electrons. The minimum absolute atomic E-state index is 0.00891. The molecule has 2 aliphatic heterocycles. The highest BCUT2D eigenvalue weighted by molar-refractivity contribution is 6.01. The van der Waals surface area contributed by atoms with Gasteiger partial charge in [0.05, 0.1) is 108 Å². The number of anilines is 1. The number of phenolic OH excluding ortho intramolecular Hbond substituents is 1. The number of ether oxygens (including phenoxy) is 7. The molecule has 2 aromatic rings. The van der Waals surface area contributed by atoms with E-state index in [0.29, 0.717) is 121 Å². The SMILES string of the molecule is CC(C)[C@H](NC(=O)[C@@H](CCCCNC(=O)COC1CCCCC/C(N[C@H]2O[C@H](CO)C([C@H]3O[C@H](CO)[C@@H](O)[C@H](O)[C@H]3O)[C@H](O)[C@H]2O)=C\1NN)NC(=O)CCOCCOCCOCCOCCN)C(=O)N[C@@H](CCCNC(N)=O)C(=O)N[C@@H](CO)C(=O)Nc1ccc2c(c1)[C@@]1(C)CCC[C@](C)(C(=O)NC(=O)[C@@]3(C)CCC[C@]4(C)c5cc(O)ccc5CC[C@@H]34)[C@@H]1CC2. The van der Waals surface area contributed by atoms with E-state index < -0.39 is 181 Å². The van der Waals surface area contributed by atoms with Crippen molar-refractivity contribution in [2.24, 2.45) is 51.8 Å². The lowest BCUT2D eigenvalue weighted by molar-refractivity contribution is -0.290. The van der Waals surface area contributed by atoms with Crippen molar-refractivity contribution in [3.05, 3.63) is 70.0 Å². The van der Waals surface area contributed by atoms with Crippen molar-refractivity contribution in [1.82, 2.24) is 48.0 Å². The average Bonchev–Trinajstić information content (AvgIpc) is 0.738. The number of carbonyl (C=O) groups is 9. The second-order valence-electron chi connectivity index (χ2n) is 35.7. The zero-order valence-corrected chi connectivity index (χ0v) is 73.1. The molecule has 7 aliphatic rings. The van der Waals surface area contributed by atoms with Crippen LogP contribution in [0.15, 0.2) is 47.8 Å². The summed E-state index contributed by atoms with van der Waals surface area (Å²) in [7, 11) is 0. The van der Waals surface area contributed by atoms with Crippen LogP contribution in [0.4, 0.5) is 10.5 Å². The topological polar surface area (TPSA) is 599 Å². The van der Waals surface area contributed by atoms with Crippen LogP contribution in [0, 0.1) is 34.5 Å². The van der Waals surface area contributed by atoms with Crippen molar-refractivity contribution < 1.29 is 122 Å². The highest BCUT2D eigenvalue weighted by atomic mass is 16.6. The number of primary amides is 1. The molecule has 0 bridgehead atoms. The standard InChI is InChI=1S/C87H139N13O25/c1-49(2)68(79(115)95-58(17-12-34-92-83(89)118)76(112)96-59(45-101)78(114)93-52-23-19-50-21-25-63-84(3,54(50)43-52)28-13-30-86(63,5)81(116)99-82(117)87(6)31-14-29-85(4)55-44-53(104)24-20-51(55)22-26-64(85)87)98-77(113)57(94-65(105)27-35-119-37-39-121-41-42-122-40-38-120-36-32-88)16-10-11-33-91-66(106)48-123-60-18-9-7-8-15-56(69(60)100-90)97-80-74(111)71(108)67(61(46-102)125-80)75-73(110)72(109)70(107)62(47-103)124-75/h19-20,23-24,43-44,49,57-64,67-68,70-75,80,97,100-104,107-111H,7-18,21-22,25-42,45-48,88,90H2,1-6H3,(H,91,106)(H,93,114)(H,94,105)(H,95,115)(H,96,112)(H,98,113)(H3,89,92,118)(H,99,116,117)/b69-56-/t57-,58+,59+,60?,61-,62-,63-,64-,67?,68+,70-,71+,72+,73-,74-,75-,80+,84-,85-,86+,87+/m1/s1. The van der Waals surface area contributed by atoms with E-state index in [4.69, 9.17) is 50.5 Å². The van der Waals surface area contributed by atoms with Gasteiger partial charge in [0.25, 0.3) is 0 Å². The Bertz CT molecular complexity index is 3960. The second-order valence-corrected chi connectivity index (χ2v) is 35.7. The van der Waals surface area contributed by atoms with E-state index >= 15 is 0 Å². The van der Waals surface area contributed by atoms with Gasteiger partial charge in [-0.2, -0.15) is 0 Å². The summed E-state index contributed by atoms with van der Waals surface area (Å²) >= 11 is 0. The molecule has 0 spiro atoms. The number of aliphatic hydroxyl groups is 8. The fourth-order valence-corrected chi connectivity index (χ4v) is 20.0. The molecule has 9 rings (SSSR count). The number of aliphatic hydroxyl groups excluding tert-OH is 8. The number of aryl methyl sites for hydroxylation is 2. The highest BCUT2D eigenvalue weighted by Gasteiger charge is 2.60. The summed E-state index contributed by atoms with van der Waals surface area (Å²) in [5.74, 6) is -0.996. The lowest BCUT2D eigenvalue weighted by Crippen LogP contribution is -2.68. The number of nitrogens with two attached hydrogens (primary N) is 3. The van der Waals surface area contributed by atoms with Crippen molar-refractivity contribution >= 4 is 59.0 Å². The van der Waals surface area contributed by atoms with Crippen LogP contribution in [0.3, 0.4) is 0 Å². The quantitative estimate of drug-likeness (QED) is 0.0163. The molecule has 2 heterocycles. The molecule has 38 nitrogen and oxygen atoms in total. The minimum atomic E-state index is -1.81. The maximum Gasteiger partial charge on any atom is 0.312 e. The number of amides is 10. The van der Waals surface area contributed by atoms with Crippen molar-refractivity contribution in [2.75, 3.05) is 104 Å². The van der Waals surface area contributed by atoms with Crippen LogP contribution in [-0.2, 0) is 95.2 Å². The van der Waals surface area contributed by atoms with Gasteiger partial charge in [-0.25, -0.2) is 4.79 Å². The molecule has 2 saturated heterocycles. The largest absolute Gasteiger partial charge is 0.508 e. The van der Waals surface area contributed by atoms with E-state index in [1.807, 2.05) is 38.1 Å². The molecule has 5 aliphatic carbocycles. The van der Waals surface area contributed by atoms with Gasteiger partial charge in [0.2, 0.25) is 47.3 Å². The number of allylic oxidation sites excluding steroid dienone is 1. The second kappa shape index (κ2) is 47.4. The maximum absolute atomic E-state index is 15.0. The first kappa shape index (κ1) is 101. The van der Waals surface area contributed by atoms with Gasteiger partial charge in [-0.1, -0.05) is 79.4 Å². The lowest BCUT2D eigenvalue weighted by atomic mass is 9.49. The third-order valence-corrected chi connectivity index (χ3v) is 26.9. The molecular formula is C87H139N13O25. The maximum atomic E-state index is 15.0. The first-order valence-electron chi connectivity index (χ1n) is 44.5. The number of fused-ring (bicyclic) bond motifs is 6. The van der Waals surface area contributed by atoms with Crippen molar-refractivity contribution in [3.63, 3.8) is 0 Å². The zero-order valence-electron chi connectivity index (χ0n) is 73.1. The smallest absolute Gasteiger partial charge is 0.312 e.